The zero-order valence-corrected chi connectivity index (χ0v) is 15.6. The van der Waals surface area contributed by atoms with E-state index in [2.05, 4.69) is 0 Å². The number of carboxylic acids is 1. The number of nitrogens with zero attached hydrogens (tertiary/aromatic N) is 2. The molecular formula is C17H21ClN2O4S. The third-order valence-corrected chi connectivity index (χ3v) is 5.61. The Hall–Kier alpha value is -1.73. The summed E-state index contributed by atoms with van der Waals surface area (Å²) in [6.07, 6.45) is 1.26. The van der Waals surface area contributed by atoms with Crippen molar-refractivity contribution in [2.24, 2.45) is 5.92 Å². The molecule has 8 heteroatoms. The third-order valence-electron chi connectivity index (χ3n) is 4.11. The lowest BCUT2D eigenvalue weighted by molar-refractivity contribution is -0.147. The molecule has 1 aromatic rings. The first-order chi connectivity index (χ1) is 11.9. The number of likely N-dealkylation sites (tertiary alicyclic amines) is 1. The standard InChI is InChI=1S/C17H21ClN2O4S/c1-19(16(22)11-25-14-7-3-2-6-13(14)18)10-15(21)20-8-4-5-12(9-20)17(23)24/h2-3,6-7,12H,4-5,8-11H2,1H3,(H,23,24). The molecule has 6 nitrogen and oxygen atoms in total. The van der Waals surface area contributed by atoms with E-state index in [1.54, 1.807) is 13.1 Å². The largest absolute Gasteiger partial charge is 0.481 e. The molecule has 2 rings (SSSR count). The second-order valence-electron chi connectivity index (χ2n) is 5.99. The van der Waals surface area contributed by atoms with Gasteiger partial charge in [0.1, 0.15) is 0 Å². The van der Waals surface area contributed by atoms with Crippen molar-refractivity contribution in [3.05, 3.63) is 29.3 Å². The maximum Gasteiger partial charge on any atom is 0.308 e. The molecule has 1 heterocycles. The third kappa shape index (κ3) is 5.64. The molecule has 136 valence electrons. The number of likely N-dealkylation sites (N-methyl/N-ethyl adjacent to an activating group) is 1. The highest BCUT2D eigenvalue weighted by Gasteiger charge is 2.28. The van der Waals surface area contributed by atoms with Crippen LogP contribution < -0.4 is 0 Å². The Morgan fingerprint density at radius 3 is 2.76 bits per heavy atom. The fourth-order valence-electron chi connectivity index (χ4n) is 2.61. The average Bonchev–Trinajstić information content (AvgIpc) is 2.60. The summed E-state index contributed by atoms with van der Waals surface area (Å²) in [5, 5.41) is 9.68. The number of aliphatic carboxylic acids is 1. The molecule has 1 N–H and O–H groups in total. The second-order valence-corrected chi connectivity index (χ2v) is 7.41. The van der Waals surface area contributed by atoms with Gasteiger partial charge in [0.05, 0.1) is 23.2 Å². The van der Waals surface area contributed by atoms with E-state index in [1.165, 1.54) is 21.6 Å². The van der Waals surface area contributed by atoms with Crippen LogP contribution in [-0.2, 0) is 14.4 Å². The van der Waals surface area contributed by atoms with Gasteiger partial charge in [-0.25, -0.2) is 0 Å². The molecule has 2 amide bonds. The van der Waals surface area contributed by atoms with Gasteiger partial charge in [-0.2, -0.15) is 0 Å². The number of carbonyl (C=O) groups is 3. The van der Waals surface area contributed by atoms with Crippen molar-refractivity contribution >= 4 is 41.1 Å². The summed E-state index contributed by atoms with van der Waals surface area (Å²) in [6.45, 7) is 0.706. The maximum absolute atomic E-state index is 12.3. The minimum atomic E-state index is -0.877. The molecular weight excluding hydrogens is 364 g/mol. The lowest BCUT2D eigenvalue weighted by atomic mass is 9.98. The van der Waals surface area contributed by atoms with Crippen molar-refractivity contribution in [1.29, 1.82) is 0 Å². The second kappa shape index (κ2) is 9.10. The highest BCUT2D eigenvalue weighted by atomic mass is 35.5. The van der Waals surface area contributed by atoms with Crippen LogP contribution in [0, 0.1) is 5.92 Å². The van der Waals surface area contributed by atoms with Gasteiger partial charge in [-0.1, -0.05) is 23.7 Å². The predicted octanol–water partition coefficient (Wildman–Crippen LogP) is 2.21. The van der Waals surface area contributed by atoms with Gasteiger partial charge in [-0.05, 0) is 25.0 Å². The SMILES string of the molecule is CN(CC(=O)N1CCCC(C(=O)O)C1)C(=O)CSc1ccccc1Cl. The van der Waals surface area contributed by atoms with E-state index in [-0.39, 0.29) is 30.7 Å². The number of halogens is 1. The molecule has 0 aliphatic carbocycles. The Morgan fingerprint density at radius 2 is 2.08 bits per heavy atom. The number of amides is 2. The van der Waals surface area contributed by atoms with E-state index in [4.69, 9.17) is 16.7 Å². The van der Waals surface area contributed by atoms with Crippen LogP contribution in [0.4, 0.5) is 0 Å². The van der Waals surface area contributed by atoms with E-state index in [0.717, 1.165) is 4.90 Å². The van der Waals surface area contributed by atoms with Gasteiger partial charge < -0.3 is 14.9 Å². The summed E-state index contributed by atoms with van der Waals surface area (Å²) in [7, 11) is 1.58. The molecule has 1 unspecified atom stereocenters. The molecule has 25 heavy (non-hydrogen) atoms. The minimum Gasteiger partial charge on any atom is -0.481 e. The zero-order chi connectivity index (χ0) is 18.4. The molecule has 0 bridgehead atoms. The Bertz CT molecular complexity index is 655. The number of carboxylic acid groups (broad SMARTS) is 1. The quantitative estimate of drug-likeness (QED) is 0.761. The monoisotopic (exact) mass is 384 g/mol. The average molecular weight is 385 g/mol. The van der Waals surface area contributed by atoms with Crippen LogP contribution in [0.1, 0.15) is 12.8 Å². The molecule has 0 saturated carbocycles. The lowest BCUT2D eigenvalue weighted by Gasteiger charge is -2.32. The van der Waals surface area contributed by atoms with E-state index in [9.17, 15) is 14.4 Å². The minimum absolute atomic E-state index is 0.0474. The Kier molecular flexibility index (Phi) is 7.13. The number of piperidine rings is 1. The summed E-state index contributed by atoms with van der Waals surface area (Å²) >= 11 is 7.38. The molecule has 1 saturated heterocycles. The smallest absolute Gasteiger partial charge is 0.308 e. The van der Waals surface area contributed by atoms with Gasteiger partial charge in [0, 0.05) is 25.0 Å². The summed E-state index contributed by atoms with van der Waals surface area (Å²) in [5.41, 5.74) is 0. The molecule has 1 fully saturated rings. The number of hydrogen-bond donors (Lipinski definition) is 1. The number of benzene rings is 1. The van der Waals surface area contributed by atoms with E-state index in [1.807, 2.05) is 18.2 Å². The van der Waals surface area contributed by atoms with Crippen molar-refractivity contribution in [2.45, 2.75) is 17.7 Å². The number of rotatable bonds is 6. The molecule has 0 aromatic heterocycles. The van der Waals surface area contributed by atoms with Gasteiger partial charge in [-0.3, -0.25) is 14.4 Å². The van der Waals surface area contributed by atoms with Gasteiger partial charge in [0.15, 0.2) is 0 Å². The molecule has 0 radical (unpaired) electrons. The van der Waals surface area contributed by atoms with E-state index < -0.39 is 11.9 Å². The molecule has 1 aliphatic heterocycles. The highest BCUT2D eigenvalue weighted by Crippen LogP contribution is 2.26. The lowest BCUT2D eigenvalue weighted by Crippen LogP contribution is -2.47. The maximum atomic E-state index is 12.3. The first-order valence-electron chi connectivity index (χ1n) is 8.00. The van der Waals surface area contributed by atoms with Gasteiger partial charge in [0.2, 0.25) is 11.8 Å². The number of thioether (sulfide) groups is 1. The Morgan fingerprint density at radius 1 is 1.36 bits per heavy atom. The summed E-state index contributed by atoms with van der Waals surface area (Å²) in [6, 6.07) is 7.27. The van der Waals surface area contributed by atoms with Crippen LogP contribution in [0.2, 0.25) is 5.02 Å². The normalized spacial score (nSPS) is 17.2. The fraction of sp³-hybridized carbons (Fsp3) is 0.471. The topological polar surface area (TPSA) is 77.9 Å². The van der Waals surface area contributed by atoms with Crippen molar-refractivity contribution in [2.75, 3.05) is 32.4 Å². The first kappa shape index (κ1) is 19.6. The summed E-state index contributed by atoms with van der Waals surface area (Å²) < 4.78 is 0. The van der Waals surface area contributed by atoms with E-state index >= 15 is 0 Å². The van der Waals surface area contributed by atoms with E-state index in [0.29, 0.717) is 24.4 Å². The number of carbonyl (C=O) groups excluding carboxylic acids is 2. The van der Waals surface area contributed by atoms with Crippen LogP contribution in [0.15, 0.2) is 29.2 Å². The van der Waals surface area contributed by atoms with Crippen molar-refractivity contribution in [3.63, 3.8) is 0 Å². The van der Waals surface area contributed by atoms with Gasteiger partial charge >= 0.3 is 5.97 Å². The Balaban J connectivity index is 1.82. The molecule has 1 aromatic carbocycles. The molecule has 1 aliphatic rings. The molecule has 0 spiro atoms. The molecule has 1 atom stereocenters. The summed E-state index contributed by atoms with van der Waals surface area (Å²) in [4.78, 5) is 39.3. The number of hydrogen-bond acceptors (Lipinski definition) is 4. The first-order valence-corrected chi connectivity index (χ1v) is 9.36. The van der Waals surface area contributed by atoms with Crippen LogP contribution in [0.5, 0.6) is 0 Å². The van der Waals surface area contributed by atoms with Crippen molar-refractivity contribution < 1.29 is 19.5 Å². The highest BCUT2D eigenvalue weighted by molar-refractivity contribution is 8.00. The van der Waals surface area contributed by atoms with Crippen molar-refractivity contribution in [3.8, 4) is 0 Å². The van der Waals surface area contributed by atoms with Crippen LogP contribution in [0.25, 0.3) is 0 Å². The summed E-state index contributed by atoms with van der Waals surface area (Å²) in [5.74, 6) is -1.60. The predicted molar refractivity (Wildman–Crippen MR) is 96.8 cm³/mol. The Labute approximate surface area is 156 Å². The zero-order valence-electron chi connectivity index (χ0n) is 14.0. The van der Waals surface area contributed by atoms with Crippen molar-refractivity contribution in [1.82, 2.24) is 9.80 Å². The van der Waals surface area contributed by atoms with Crippen LogP contribution in [-0.4, -0.2) is 65.1 Å². The fourth-order valence-corrected chi connectivity index (χ4v) is 3.79. The van der Waals surface area contributed by atoms with Crippen LogP contribution >= 0.6 is 23.4 Å². The van der Waals surface area contributed by atoms with Crippen LogP contribution in [0.3, 0.4) is 0 Å². The van der Waals surface area contributed by atoms with Gasteiger partial charge in [-0.15, -0.1) is 11.8 Å². The van der Waals surface area contributed by atoms with Gasteiger partial charge in [0.25, 0.3) is 0 Å².